The molecule has 0 aliphatic carbocycles. The van der Waals surface area contributed by atoms with Gasteiger partial charge in [-0.2, -0.15) is 0 Å². The molecule has 1 spiro atoms. The molecule has 1 amide bonds. The third-order valence-electron chi connectivity index (χ3n) is 7.85. The van der Waals surface area contributed by atoms with Gasteiger partial charge >= 0.3 is 0 Å². The van der Waals surface area contributed by atoms with Crippen LogP contribution in [0, 0.1) is 12.7 Å². The first-order chi connectivity index (χ1) is 17.9. The molecular formula is C28H29FN6O2. The molecule has 2 aliphatic rings. The van der Waals surface area contributed by atoms with Crippen LogP contribution < -0.4 is 15.4 Å². The number of ether oxygens (including phenoxy) is 1. The number of aromatic amines is 1. The van der Waals surface area contributed by atoms with Gasteiger partial charge in [-0.05, 0) is 64.2 Å². The van der Waals surface area contributed by atoms with E-state index in [0.717, 1.165) is 42.9 Å². The van der Waals surface area contributed by atoms with E-state index in [1.54, 1.807) is 32.4 Å². The van der Waals surface area contributed by atoms with Gasteiger partial charge in [-0.1, -0.05) is 6.07 Å². The number of H-pyrrole nitrogens is 1. The molecule has 8 nitrogen and oxygen atoms in total. The van der Waals surface area contributed by atoms with Crippen molar-refractivity contribution in [1.82, 2.24) is 25.2 Å². The maximum atomic E-state index is 14.5. The van der Waals surface area contributed by atoms with Gasteiger partial charge in [0.15, 0.2) is 0 Å². The highest BCUT2D eigenvalue weighted by Crippen LogP contribution is 2.46. The number of carbonyl (C=O) groups excluding carboxylic acids is 1. The number of hydrogen-bond donors (Lipinski definition) is 3. The second-order valence-corrected chi connectivity index (χ2v) is 10.0. The van der Waals surface area contributed by atoms with E-state index in [2.05, 4.69) is 37.5 Å². The molecule has 1 saturated heterocycles. The lowest BCUT2D eigenvalue weighted by Gasteiger charge is -2.43. The number of rotatable bonds is 4. The number of anilines is 2. The van der Waals surface area contributed by atoms with Crippen LogP contribution in [0.4, 0.5) is 15.8 Å². The van der Waals surface area contributed by atoms with E-state index in [9.17, 15) is 9.18 Å². The van der Waals surface area contributed by atoms with E-state index < -0.39 is 0 Å². The Morgan fingerprint density at radius 2 is 1.97 bits per heavy atom. The third-order valence-corrected chi connectivity index (χ3v) is 7.85. The molecule has 1 fully saturated rings. The van der Waals surface area contributed by atoms with Gasteiger partial charge in [0.2, 0.25) is 5.88 Å². The topological polar surface area (TPSA) is 95.2 Å². The van der Waals surface area contributed by atoms with Crippen molar-refractivity contribution in [2.75, 3.05) is 39.1 Å². The maximum absolute atomic E-state index is 14.5. The molecule has 6 rings (SSSR count). The summed E-state index contributed by atoms with van der Waals surface area (Å²) >= 11 is 0. The van der Waals surface area contributed by atoms with E-state index >= 15 is 0 Å². The second-order valence-electron chi connectivity index (χ2n) is 10.0. The Hall–Kier alpha value is -3.98. The number of fused-ring (bicyclic) bond motifs is 3. The van der Waals surface area contributed by atoms with Crippen molar-refractivity contribution in [3.05, 3.63) is 65.2 Å². The lowest BCUT2D eigenvalue weighted by atomic mass is 9.72. The van der Waals surface area contributed by atoms with Crippen LogP contribution in [-0.4, -0.2) is 59.6 Å². The number of amides is 1. The van der Waals surface area contributed by atoms with Crippen molar-refractivity contribution >= 4 is 28.3 Å². The van der Waals surface area contributed by atoms with Crippen LogP contribution >= 0.6 is 0 Å². The maximum Gasteiger partial charge on any atom is 0.255 e. The molecule has 2 aliphatic heterocycles. The minimum Gasteiger partial charge on any atom is -0.481 e. The normalized spacial score (nSPS) is 17.0. The molecule has 37 heavy (non-hydrogen) atoms. The van der Waals surface area contributed by atoms with Gasteiger partial charge < -0.3 is 25.3 Å². The number of halogens is 1. The van der Waals surface area contributed by atoms with Gasteiger partial charge in [-0.3, -0.25) is 9.78 Å². The smallest absolute Gasteiger partial charge is 0.255 e. The molecule has 0 saturated carbocycles. The third kappa shape index (κ3) is 3.81. The number of carbonyl (C=O) groups is 1. The largest absolute Gasteiger partial charge is 0.481 e. The fourth-order valence-corrected chi connectivity index (χ4v) is 5.55. The van der Waals surface area contributed by atoms with E-state index in [1.165, 1.54) is 6.07 Å². The fraction of sp³-hybridized carbons (Fsp3) is 0.321. The predicted molar refractivity (Wildman–Crippen MR) is 141 cm³/mol. The molecule has 3 N–H and O–H groups in total. The van der Waals surface area contributed by atoms with Crippen molar-refractivity contribution in [3.63, 3.8) is 0 Å². The first kappa shape index (κ1) is 23.4. The van der Waals surface area contributed by atoms with Crippen LogP contribution in [0.2, 0.25) is 0 Å². The average molecular weight is 501 g/mol. The molecule has 0 atom stereocenters. The first-order valence-corrected chi connectivity index (χ1v) is 12.5. The van der Waals surface area contributed by atoms with Crippen LogP contribution in [-0.2, 0) is 5.41 Å². The molecule has 0 unspecified atom stereocenters. The summed E-state index contributed by atoms with van der Waals surface area (Å²) in [5.74, 6) is 0.00792. The van der Waals surface area contributed by atoms with E-state index in [4.69, 9.17) is 4.74 Å². The van der Waals surface area contributed by atoms with E-state index in [1.807, 2.05) is 18.2 Å². The summed E-state index contributed by atoms with van der Waals surface area (Å²) in [5, 5.41) is 6.57. The molecular weight excluding hydrogens is 471 g/mol. The number of piperidine rings is 1. The van der Waals surface area contributed by atoms with Crippen LogP contribution in [0.15, 0.2) is 42.6 Å². The molecule has 4 aromatic rings. The van der Waals surface area contributed by atoms with Gasteiger partial charge in [0.25, 0.3) is 5.91 Å². The number of hydrogen-bond acceptors (Lipinski definition) is 6. The molecule has 9 heteroatoms. The van der Waals surface area contributed by atoms with Crippen molar-refractivity contribution in [3.8, 4) is 17.1 Å². The van der Waals surface area contributed by atoms with Crippen LogP contribution in [0.5, 0.6) is 5.88 Å². The SMILES string of the molecule is COc1ccc2nccc(-c3[nH]c4c(c3Nc3cccc(F)c3C)C(=O)NCC43CCN(C)CC3)c2n1. The van der Waals surface area contributed by atoms with Crippen LogP contribution in [0.25, 0.3) is 22.3 Å². The molecule has 190 valence electrons. The van der Waals surface area contributed by atoms with Gasteiger partial charge in [-0.15, -0.1) is 0 Å². The highest BCUT2D eigenvalue weighted by atomic mass is 19.1. The van der Waals surface area contributed by atoms with Gasteiger partial charge in [-0.25, -0.2) is 9.37 Å². The molecule has 5 heterocycles. The molecule has 1 aromatic carbocycles. The summed E-state index contributed by atoms with van der Waals surface area (Å²) in [5.41, 5.74) is 5.82. The number of benzene rings is 1. The Morgan fingerprint density at radius 3 is 2.76 bits per heavy atom. The minimum absolute atomic E-state index is 0.150. The number of aromatic nitrogens is 3. The zero-order valence-electron chi connectivity index (χ0n) is 21.1. The Kier molecular flexibility index (Phi) is 5.60. The summed E-state index contributed by atoms with van der Waals surface area (Å²) in [6.07, 6.45) is 3.56. The summed E-state index contributed by atoms with van der Waals surface area (Å²) in [7, 11) is 3.70. The Morgan fingerprint density at radius 1 is 1.16 bits per heavy atom. The fourth-order valence-electron chi connectivity index (χ4n) is 5.55. The van der Waals surface area contributed by atoms with Crippen molar-refractivity contribution < 1.29 is 13.9 Å². The van der Waals surface area contributed by atoms with Crippen molar-refractivity contribution in [2.24, 2.45) is 0 Å². The summed E-state index contributed by atoms with van der Waals surface area (Å²) in [6.45, 7) is 4.18. The molecule has 0 radical (unpaired) electrons. The minimum atomic E-state index is -0.312. The quantitative estimate of drug-likeness (QED) is 0.381. The number of methoxy groups -OCH3 is 1. The number of pyridine rings is 2. The number of nitrogens with one attached hydrogen (secondary N) is 3. The summed E-state index contributed by atoms with van der Waals surface area (Å²) in [6, 6.07) is 10.4. The zero-order valence-corrected chi connectivity index (χ0v) is 21.1. The zero-order chi connectivity index (χ0) is 25.7. The van der Waals surface area contributed by atoms with Crippen molar-refractivity contribution in [1.29, 1.82) is 0 Å². The van der Waals surface area contributed by atoms with Crippen LogP contribution in [0.3, 0.4) is 0 Å². The monoisotopic (exact) mass is 500 g/mol. The van der Waals surface area contributed by atoms with Gasteiger partial charge in [0.05, 0.1) is 29.6 Å². The van der Waals surface area contributed by atoms with Gasteiger partial charge in [0.1, 0.15) is 11.3 Å². The average Bonchev–Trinajstić information content (AvgIpc) is 3.30. The Balaban J connectivity index is 1.62. The molecule has 3 aromatic heterocycles. The predicted octanol–water partition coefficient (Wildman–Crippen LogP) is 4.53. The summed E-state index contributed by atoms with van der Waals surface area (Å²) < 4.78 is 19.9. The number of nitrogens with zero attached hydrogens (tertiary/aromatic N) is 3. The van der Waals surface area contributed by atoms with Gasteiger partial charge in [0, 0.05) is 46.7 Å². The van der Waals surface area contributed by atoms with E-state index in [0.29, 0.717) is 46.0 Å². The highest BCUT2D eigenvalue weighted by Gasteiger charge is 2.45. The molecule has 0 bridgehead atoms. The Labute approximate surface area is 214 Å². The first-order valence-electron chi connectivity index (χ1n) is 12.5. The standard InChI is InChI=1S/C28H29FN6O2/c1-16-18(29)5-4-6-19(16)32-25-22-26(28(15-31-27(22)36)10-13-35(2)14-11-28)34-24(25)17-9-12-30-20-7-8-21(37-3)33-23(17)20/h4-9,12,32,34H,10-11,13-15H2,1-3H3,(H,31,36). The highest BCUT2D eigenvalue weighted by molar-refractivity contribution is 6.08. The summed E-state index contributed by atoms with van der Waals surface area (Å²) in [4.78, 5) is 28.6. The van der Waals surface area contributed by atoms with Crippen LogP contribution in [0.1, 0.15) is 34.5 Å². The second kappa shape index (κ2) is 8.85. The van der Waals surface area contributed by atoms with Crippen molar-refractivity contribution in [2.45, 2.75) is 25.2 Å². The lowest BCUT2D eigenvalue weighted by Crippen LogP contribution is -2.52. The number of likely N-dealkylation sites (tertiary alicyclic amines) is 1. The lowest BCUT2D eigenvalue weighted by molar-refractivity contribution is 0.0895. The van der Waals surface area contributed by atoms with E-state index in [-0.39, 0.29) is 17.1 Å². The Bertz CT molecular complexity index is 1520.